The Morgan fingerprint density at radius 3 is 2.47 bits per heavy atom. The van der Waals surface area contributed by atoms with Crippen molar-refractivity contribution in [2.24, 2.45) is 11.8 Å². The van der Waals surface area contributed by atoms with E-state index in [1.807, 2.05) is 0 Å². The van der Waals surface area contributed by atoms with Gasteiger partial charge in [-0.25, -0.2) is 0 Å². The fraction of sp³-hybridized carbons (Fsp3) is 1.00. The van der Waals surface area contributed by atoms with E-state index in [0.29, 0.717) is 12.1 Å². The molecule has 0 saturated carbocycles. The molecule has 2 nitrogen and oxygen atoms in total. The highest BCUT2D eigenvalue weighted by atomic mass is 15.2. The van der Waals surface area contributed by atoms with E-state index in [1.54, 1.807) is 0 Å². The molecule has 5 unspecified atom stereocenters. The molecule has 5 atom stereocenters. The van der Waals surface area contributed by atoms with Crippen molar-refractivity contribution in [1.29, 1.82) is 0 Å². The SMILES string of the molecule is CCNC(C)CC(C)N1CC(C)CC(C)C1C. The van der Waals surface area contributed by atoms with Crippen molar-refractivity contribution in [3.05, 3.63) is 0 Å². The van der Waals surface area contributed by atoms with Crippen molar-refractivity contribution >= 4 is 0 Å². The lowest BCUT2D eigenvalue weighted by Crippen LogP contribution is -2.51. The molecule has 17 heavy (non-hydrogen) atoms. The summed E-state index contributed by atoms with van der Waals surface area (Å²) in [5.74, 6) is 1.70. The lowest BCUT2D eigenvalue weighted by molar-refractivity contribution is 0.0405. The largest absolute Gasteiger partial charge is 0.314 e. The molecule has 0 aromatic carbocycles. The van der Waals surface area contributed by atoms with Gasteiger partial charge in [-0.3, -0.25) is 4.90 Å². The average Bonchev–Trinajstić information content (AvgIpc) is 2.23. The molecule has 0 aromatic rings. The molecule has 0 aromatic heterocycles. The third kappa shape index (κ3) is 4.26. The number of hydrogen-bond donors (Lipinski definition) is 1. The van der Waals surface area contributed by atoms with E-state index in [-0.39, 0.29) is 0 Å². The van der Waals surface area contributed by atoms with E-state index in [1.165, 1.54) is 19.4 Å². The Morgan fingerprint density at radius 2 is 1.88 bits per heavy atom. The van der Waals surface area contributed by atoms with Gasteiger partial charge in [-0.1, -0.05) is 20.8 Å². The molecule has 1 rings (SSSR count). The van der Waals surface area contributed by atoms with Crippen molar-refractivity contribution in [2.75, 3.05) is 13.1 Å². The minimum absolute atomic E-state index is 0.634. The van der Waals surface area contributed by atoms with E-state index < -0.39 is 0 Å². The summed E-state index contributed by atoms with van der Waals surface area (Å²) in [7, 11) is 0. The molecule has 1 fully saturated rings. The van der Waals surface area contributed by atoms with Crippen LogP contribution < -0.4 is 5.32 Å². The van der Waals surface area contributed by atoms with Gasteiger partial charge in [0.15, 0.2) is 0 Å². The first kappa shape index (κ1) is 15.0. The molecule has 0 aliphatic carbocycles. The summed E-state index contributed by atoms with van der Waals surface area (Å²) in [5.41, 5.74) is 0. The van der Waals surface area contributed by atoms with Gasteiger partial charge < -0.3 is 5.32 Å². The van der Waals surface area contributed by atoms with Crippen LogP contribution in [0.15, 0.2) is 0 Å². The number of rotatable bonds is 5. The van der Waals surface area contributed by atoms with Crippen LogP contribution in [0.2, 0.25) is 0 Å². The van der Waals surface area contributed by atoms with Crippen molar-refractivity contribution in [3.63, 3.8) is 0 Å². The van der Waals surface area contributed by atoms with Crippen molar-refractivity contribution in [2.45, 2.75) is 72.5 Å². The van der Waals surface area contributed by atoms with Crippen LogP contribution in [0.25, 0.3) is 0 Å². The van der Waals surface area contributed by atoms with Crippen LogP contribution in [0.4, 0.5) is 0 Å². The molecular weight excluding hydrogens is 208 g/mol. The van der Waals surface area contributed by atoms with Gasteiger partial charge in [0.1, 0.15) is 0 Å². The summed E-state index contributed by atoms with van der Waals surface area (Å²) >= 11 is 0. The summed E-state index contributed by atoms with van der Waals surface area (Å²) < 4.78 is 0. The maximum absolute atomic E-state index is 3.53. The Hall–Kier alpha value is -0.0800. The van der Waals surface area contributed by atoms with Gasteiger partial charge in [-0.2, -0.15) is 0 Å². The first-order chi connectivity index (χ1) is 7.95. The van der Waals surface area contributed by atoms with Crippen LogP contribution in [0, 0.1) is 11.8 Å². The van der Waals surface area contributed by atoms with Gasteiger partial charge in [0, 0.05) is 24.7 Å². The van der Waals surface area contributed by atoms with E-state index in [9.17, 15) is 0 Å². The van der Waals surface area contributed by atoms with Crippen LogP contribution in [-0.4, -0.2) is 36.1 Å². The topological polar surface area (TPSA) is 15.3 Å². The maximum atomic E-state index is 3.53. The van der Waals surface area contributed by atoms with Crippen LogP contribution in [0.1, 0.15) is 54.4 Å². The molecule has 102 valence electrons. The first-order valence-corrected chi connectivity index (χ1v) is 7.44. The molecule has 1 heterocycles. The number of piperidine rings is 1. The summed E-state index contributed by atoms with van der Waals surface area (Å²) in [6, 6.07) is 2.08. The fourth-order valence-electron chi connectivity index (χ4n) is 3.42. The Bertz CT molecular complexity index is 217. The highest BCUT2D eigenvalue weighted by Gasteiger charge is 2.31. The molecule has 0 amide bonds. The van der Waals surface area contributed by atoms with Gasteiger partial charge in [-0.05, 0) is 52.0 Å². The lowest BCUT2D eigenvalue weighted by Gasteiger charge is -2.45. The Balaban J connectivity index is 2.51. The molecular formula is C15H32N2. The molecule has 1 saturated heterocycles. The fourth-order valence-corrected chi connectivity index (χ4v) is 3.42. The minimum atomic E-state index is 0.634. The van der Waals surface area contributed by atoms with Gasteiger partial charge in [0.25, 0.3) is 0 Å². The van der Waals surface area contributed by atoms with Gasteiger partial charge in [0.2, 0.25) is 0 Å². The molecule has 1 N–H and O–H groups in total. The maximum Gasteiger partial charge on any atom is 0.00956 e. The Labute approximate surface area is 108 Å². The van der Waals surface area contributed by atoms with E-state index >= 15 is 0 Å². The molecule has 1 aliphatic heterocycles. The minimum Gasteiger partial charge on any atom is -0.314 e. The van der Waals surface area contributed by atoms with Crippen molar-refractivity contribution in [3.8, 4) is 0 Å². The molecule has 0 bridgehead atoms. The van der Waals surface area contributed by atoms with E-state index in [0.717, 1.165) is 24.4 Å². The average molecular weight is 240 g/mol. The summed E-state index contributed by atoms with van der Waals surface area (Å²) in [6.45, 7) is 16.5. The van der Waals surface area contributed by atoms with Crippen LogP contribution in [0.5, 0.6) is 0 Å². The monoisotopic (exact) mass is 240 g/mol. The number of likely N-dealkylation sites (tertiary alicyclic amines) is 1. The van der Waals surface area contributed by atoms with Crippen LogP contribution in [0.3, 0.4) is 0 Å². The first-order valence-electron chi connectivity index (χ1n) is 7.44. The quantitative estimate of drug-likeness (QED) is 0.794. The number of hydrogen-bond acceptors (Lipinski definition) is 2. The number of nitrogens with one attached hydrogen (secondary N) is 1. The zero-order valence-corrected chi connectivity index (χ0v) is 12.7. The highest BCUT2D eigenvalue weighted by Crippen LogP contribution is 2.29. The van der Waals surface area contributed by atoms with Crippen molar-refractivity contribution in [1.82, 2.24) is 10.2 Å². The van der Waals surface area contributed by atoms with Gasteiger partial charge >= 0.3 is 0 Å². The predicted octanol–water partition coefficient (Wildman–Crippen LogP) is 3.13. The molecule has 2 heteroatoms. The second-order valence-electron chi connectivity index (χ2n) is 6.30. The van der Waals surface area contributed by atoms with E-state index in [4.69, 9.17) is 0 Å². The highest BCUT2D eigenvalue weighted by molar-refractivity contribution is 4.86. The Kier molecular flexibility index (Phi) is 5.94. The summed E-state index contributed by atoms with van der Waals surface area (Å²) in [4.78, 5) is 2.73. The van der Waals surface area contributed by atoms with Crippen molar-refractivity contribution < 1.29 is 0 Å². The van der Waals surface area contributed by atoms with Gasteiger partial charge in [0.05, 0.1) is 0 Å². The van der Waals surface area contributed by atoms with Crippen LogP contribution in [-0.2, 0) is 0 Å². The second-order valence-corrected chi connectivity index (χ2v) is 6.30. The van der Waals surface area contributed by atoms with E-state index in [2.05, 4.69) is 51.8 Å². The third-order valence-electron chi connectivity index (χ3n) is 4.46. The van der Waals surface area contributed by atoms with Crippen LogP contribution >= 0.6 is 0 Å². The summed E-state index contributed by atoms with van der Waals surface area (Å²) in [5, 5.41) is 3.53. The molecule has 1 aliphatic rings. The Morgan fingerprint density at radius 1 is 1.24 bits per heavy atom. The molecule has 0 radical (unpaired) electrons. The zero-order chi connectivity index (χ0) is 13.0. The second kappa shape index (κ2) is 6.75. The number of nitrogens with zero attached hydrogens (tertiary/aromatic N) is 1. The normalized spacial score (nSPS) is 34.6. The third-order valence-corrected chi connectivity index (χ3v) is 4.46. The van der Waals surface area contributed by atoms with Gasteiger partial charge in [-0.15, -0.1) is 0 Å². The smallest absolute Gasteiger partial charge is 0.00956 e. The predicted molar refractivity (Wildman–Crippen MR) is 76.3 cm³/mol. The standard InChI is InChI=1S/C15H32N2/c1-7-16-13(4)9-14(5)17-10-11(2)8-12(3)15(17)6/h11-16H,7-10H2,1-6H3. The molecule has 0 spiro atoms. The lowest BCUT2D eigenvalue weighted by atomic mass is 9.84. The zero-order valence-electron chi connectivity index (χ0n) is 12.7. The summed E-state index contributed by atoms with van der Waals surface area (Å²) in [6.07, 6.45) is 2.66.